The van der Waals surface area contributed by atoms with Gasteiger partial charge in [0.15, 0.2) is 0 Å². The monoisotopic (exact) mass is 346 g/mol. The fraction of sp³-hybridized carbons (Fsp3) is 0.500. The Balaban J connectivity index is 0.00000180. The normalized spacial score (nSPS) is 16.0. The van der Waals surface area contributed by atoms with Crippen molar-refractivity contribution >= 4 is 34.2 Å². The number of piperidine rings is 1. The summed E-state index contributed by atoms with van der Waals surface area (Å²) in [7, 11) is 1.99. The van der Waals surface area contributed by atoms with E-state index in [9.17, 15) is 4.79 Å². The van der Waals surface area contributed by atoms with Gasteiger partial charge in [0.1, 0.15) is 0 Å². The number of hydrogen-bond acceptors (Lipinski definition) is 2. The molecule has 19 heavy (non-hydrogen) atoms. The molecule has 1 amide bonds. The summed E-state index contributed by atoms with van der Waals surface area (Å²) in [6.45, 7) is 1.75. The molecule has 0 bridgehead atoms. The number of carbonyl (C=O) groups is 1. The second-order valence-corrected chi connectivity index (χ2v) is 5.67. The Kier molecular flexibility index (Phi) is 6.83. The third-order valence-corrected chi connectivity index (χ3v) is 3.99. The van der Waals surface area contributed by atoms with Gasteiger partial charge in [0.25, 0.3) is 0 Å². The van der Waals surface area contributed by atoms with Gasteiger partial charge in [-0.05, 0) is 37.6 Å². The van der Waals surface area contributed by atoms with Gasteiger partial charge in [-0.2, -0.15) is 0 Å². The maximum Gasteiger partial charge on any atom is 0.226 e. The van der Waals surface area contributed by atoms with E-state index in [2.05, 4.69) is 21.2 Å². The van der Waals surface area contributed by atoms with Crippen molar-refractivity contribution in [2.45, 2.75) is 25.3 Å². The molecule has 1 aliphatic heterocycles. The zero-order valence-corrected chi connectivity index (χ0v) is 13.5. The van der Waals surface area contributed by atoms with Crippen molar-refractivity contribution in [2.24, 2.45) is 0 Å². The van der Waals surface area contributed by atoms with Crippen molar-refractivity contribution in [3.05, 3.63) is 34.3 Å². The Morgan fingerprint density at radius 3 is 2.68 bits per heavy atom. The molecule has 1 heterocycles. The van der Waals surface area contributed by atoms with Crippen LogP contribution in [0.1, 0.15) is 18.4 Å². The molecule has 0 spiro atoms. The number of halogens is 2. The first-order chi connectivity index (χ1) is 8.69. The van der Waals surface area contributed by atoms with Crippen molar-refractivity contribution in [1.29, 1.82) is 0 Å². The van der Waals surface area contributed by atoms with Gasteiger partial charge < -0.3 is 10.2 Å². The Hall–Kier alpha value is -0.580. The molecule has 1 N–H and O–H groups in total. The lowest BCUT2D eigenvalue weighted by Gasteiger charge is -2.31. The smallest absolute Gasteiger partial charge is 0.226 e. The van der Waals surface area contributed by atoms with Crippen LogP contribution in [-0.4, -0.2) is 37.0 Å². The van der Waals surface area contributed by atoms with Gasteiger partial charge in [-0.1, -0.05) is 28.1 Å². The summed E-state index contributed by atoms with van der Waals surface area (Å²) in [5, 5.41) is 3.28. The van der Waals surface area contributed by atoms with Crippen molar-refractivity contribution in [2.75, 3.05) is 20.1 Å². The topological polar surface area (TPSA) is 32.3 Å². The van der Waals surface area contributed by atoms with Gasteiger partial charge in [0.2, 0.25) is 5.91 Å². The first-order valence-corrected chi connectivity index (χ1v) is 7.18. The average molecular weight is 348 g/mol. The molecule has 0 atom stereocenters. The fourth-order valence-electron chi connectivity index (χ4n) is 2.35. The quantitative estimate of drug-likeness (QED) is 0.911. The van der Waals surface area contributed by atoms with E-state index in [1.807, 2.05) is 36.2 Å². The first kappa shape index (κ1) is 16.5. The Morgan fingerprint density at radius 2 is 2.11 bits per heavy atom. The van der Waals surface area contributed by atoms with E-state index in [1.54, 1.807) is 0 Å². The SMILES string of the molecule is CNC1CCN(C(=O)Cc2cccc(Br)c2)CC1.Cl. The van der Waals surface area contributed by atoms with E-state index in [0.29, 0.717) is 12.5 Å². The maximum absolute atomic E-state index is 12.2. The molecule has 0 saturated carbocycles. The zero-order chi connectivity index (χ0) is 13.0. The molecular formula is C14H20BrClN2O. The second-order valence-electron chi connectivity index (χ2n) is 4.75. The lowest BCUT2D eigenvalue weighted by atomic mass is 10.0. The molecule has 5 heteroatoms. The molecule has 1 aromatic rings. The molecule has 3 nitrogen and oxygen atoms in total. The maximum atomic E-state index is 12.2. The molecule has 1 fully saturated rings. The largest absolute Gasteiger partial charge is 0.342 e. The van der Waals surface area contributed by atoms with Crippen molar-refractivity contribution in [3.63, 3.8) is 0 Å². The van der Waals surface area contributed by atoms with Gasteiger partial charge in [-0.25, -0.2) is 0 Å². The summed E-state index contributed by atoms with van der Waals surface area (Å²) in [5.41, 5.74) is 1.07. The number of likely N-dealkylation sites (tertiary alicyclic amines) is 1. The summed E-state index contributed by atoms with van der Waals surface area (Å²) in [4.78, 5) is 14.1. The number of hydrogen-bond donors (Lipinski definition) is 1. The van der Waals surface area contributed by atoms with Crippen LogP contribution in [0.25, 0.3) is 0 Å². The van der Waals surface area contributed by atoms with Crippen LogP contribution < -0.4 is 5.32 Å². The van der Waals surface area contributed by atoms with Crippen molar-refractivity contribution < 1.29 is 4.79 Å². The molecule has 0 aromatic heterocycles. The molecular weight excluding hydrogens is 328 g/mol. The van der Waals surface area contributed by atoms with Crippen LogP contribution >= 0.6 is 28.3 Å². The summed E-state index contributed by atoms with van der Waals surface area (Å²) in [5.74, 6) is 0.239. The third kappa shape index (κ3) is 4.79. The van der Waals surface area contributed by atoms with E-state index in [-0.39, 0.29) is 18.3 Å². The summed E-state index contributed by atoms with van der Waals surface area (Å²) >= 11 is 3.43. The van der Waals surface area contributed by atoms with Crippen LogP contribution in [0.15, 0.2) is 28.7 Å². The van der Waals surface area contributed by atoms with E-state index in [4.69, 9.17) is 0 Å². The number of nitrogens with one attached hydrogen (secondary N) is 1. The van der Waals surface area contributed by atoms with Crippen molar-refractivity contribution in [1.82, 2.24) is 10.2 Å². The first-order valence-electron chi connectivity index (χ1n) is 6.38. The predicted molar refractivity (Wildman–Crippen MR) is 83.8 cm³/mol. The van der Waals surface area contributed by atoms with Crippen molar-refractivity contribution in [3.8, 4) is 0 Å². The minimum atomic E-state index is 0. The standard InChI is InChI=1S/C14H19BrN2O.ClH/c1-16-13-5-7-17(8-6-13)14(18)10-11-3-2-4-12(15)9-11;/h2-4,9,13,16H,5-8,10H2,1H3;1H. The van der Waals surface area contributed by atoms with Gasteiger partial charge in [-0.3, -0.25) is 4.79 Å². The van der Waals surface area contributed by atoms with E-state index >= 15 is 0 Å². The summed E-state index contributed by atoms with van der Waals surface area (Å²) in [6.07, 6.45) is 2.62. The summed E-state index contributed by atoms with van der Waals surface area (Å²) in [6, 6.07) is 8.54. The van der Waals surface area contributed by atoms with E-state index in [0.717, 1.165) is 36.0 Å². The van der Waals surface area contributed by atoms with Crippen LogP contribution in [0.2, 0.25) is 0 Å². The summed E-state index contributed by atoms with van der Waals surface area (Å²) < 4.78 is 1.03. The molecule has 1 saturated heterocycles. The average Bonchev–Trinajstić information content (AvgIpc) is 2.39. The zero-order valence-electron chi connectivity index (χ0n) is 11.1. The van der Waals surface area contributed by atoms with Gasteiger partial charge in [0.05, 0.1) is 6.42 Å². The third-order valence-electron chi connectivity index (χ3n) is 3.50. The van der Waals surface area contributed by atoms with Gasteiger partial charge in [0, 0.05) is 23.6 Å². The van der Waals surface area contributed by atoms with E-state index < -0.39 is 0 Å². The number of amides is 1. The highest BCUT2D eigenvalue weighted by Gasteiger charge is 2.21. The molecule has 1 aliphatic rings. The highest BCUT2D eigenvalue weighted by molar-refractivity contribution is 9.10. The van der Waals surface area contributed by atoms with Crippen LogP contribution in [-0.2, 0) is 11.2 Å². The predicted octanol–water partition coefficient (Wildman–Crippen LogP) is 2.62. The van der Waals surface area contributed by atoms with Crippen LogP contribution in [0.3, 0.4) is 0 Å². The molecule has 0 radical (unpaired) electrons. The second kappa shape index (κ2) is 7.88. The van der Waals surface area contributed by atoms with E-state index in [1.165, 1.54) is 0 Å². The number of carbonyl (C=O) groups excluding carboxylic acids is 1. The molecule has 0 aliphatic carbocycles. The molecule has 1 aromatic carbocycles. The van der Waals surface area contributed by atoms with Crippen LogP contribution in [0.4, 0.5) is 0 Å². The fourth-order valence-corrected chi connectivity index (χ4v) is 2.80. The van der Waals surface area contributed by atoms with Gasteiger partial charge in [-0.15, -0.1) is 12.4 Å². The molecule has 0 unspecified atom stereocenters. The molecule has 2 rings (SSSR count). The lowest BCUT2D eigenvalue weighted by Crippen LogP contribution is -2.44. The van der Waals surface area contributed by atoms with Crippen LogP contribution in [0.5, 0.6) is 0 Å². The highest BCUT2D eigenvalue weighted by atomic mass is 79.9. The molecule has 106 valence electrons. The Morgan fingerprint density at radius 1 is 1.42 bits per heavy atom. The lowest BCUT2D eigenvalue weighted by molar-refractivity contribution is -0.131. The minimum Gasteiger partial charge on any atom is -0.342 e. The van der Waals surface area contributed by atoms with Crippen LogP contribution in [0, 0.1) is 0 Å². The number of nitrogens with zero attached hydrogens (tertiary/aromatic N) is 1. The number of rotatable bonds is 3. The van der Waals surface area contributed by atoms with Gasteiger partial charge >= 0.3 is 0 Å². The number of benzene rings is 1. The Bertz CT molecular complexity index is 420. The minimum absolute atomic E-state index is 0. The Labute approximate surface area is 129 Å². The highest BCUT2D eigenvalue weighted by Crippen LogP contribution is 2.15.